The van der Waals surface area contributed by atoms with E-state index >= 15 is 0 Å². The Hall–Kier alpha value is -2.35. The molecule has 3 N–H and O–H groups in total. The molecule has 0 aliphatic rings. The number of nitro benzene ring substituents is 1. The first-order chi connectivity index (χ1) is 9.31. The van der Waals surface area contributed by atoms with Crippen LogP contribution in [-0.2, 0) is 4.79 Å². The molecule has 0 heterocycles. The Kier molecular flexibility index (Phi) is 5.27. The van der Waals surface area contributed by atoms with Crippen molar-refractivity contribution >= 4 is 35.0 Å². The third-order valence-electron chi connectivity index (χ3n) is 2.40. The summed E-state index contributed by atoms with van der Waals surface area (Å²) in [7, 11) is 0. The Morgan fingerprint density at radius 1 is 1.50 bits per heavy atom. The van der Waals surface area contributed by atoms with E-state index in [1.807, 2.05) is 0 Å². The van der Waals surface area contributed by atoms with Gasteiger partial charge in [0, 0.05) is 18.7 Å². The highest BCUT2D eigenvalue weighted by molar-refractivity contribution is 6.33. The molecule has 0 bridgehead atoms. The maximum Gasteiger partial charge on any atom is 0.319 e. The van der Waals surface area contributed by atoms with Crippen molar-refractivity contribution in [3.8, 4) is 0 Å². The molecule has 2 amide bonds. The molecule has 0 fully saturated rings. The van der Waals surface area contributed by atoms with Crippen LogP contribution in [0.5, 0.6) is 0 Å². The number of carbonyl (C=O) groups excluding carboxylic acids is 1. The van der Waals surface area contributed by atoms with Gasteiger partial charge in [0.05, 0.1) is 21.6 Å². The molecular formula is C11H12ClN3O5. The lowest BCUT2D eigenvalue weighted by Crippen LogP contribution is -2.34. The Bertz CT molecular complexity index is 549. The number of hydrogen-bond acceptors (Lipinski definition) is 4. The number of nitrogens with zero attached hydrogens (tertiary/aromatic N) is 1. The van der Waals surface area contributed by atoms with Crippen molar-refractivity contribution in [3.05, 3.63) is 33.3 Å². The van der Waals surface area contributed by atoms with Crippen LogP contribution in [0.4, 0.5) is 16.2 Å². The second kappa shape index (κ2) is 6.71. The van der Waals surface area contributed by atoms with Crippen molar-refractivity contribution in [1.82, 2.24) is 5.32 Å². The van der Waals surface area contributed by atoms with Crippen molar-refractivity contribution in [2.24, 2.45) is 5.92 Å². The van der Waals surface area contributed by atoms with E-state index in [1.165, 1.54) is 19.1 Å². The molecule has 1 rings (SSSR count). The molecule has 9 heteroatoms. The number of carboxylic acid groups (broad SMARTS) is 1. The lowest BCUT2D eigenvalue weighted by molar-refractivity contribution is -0.384. The van der Waals surface area contributed by atoms with Gasteiger partial charge in [0.25, 0.3) is 5.69 Å². The van der Waals surface area contributed by atoms with Crippen LogP contribution in [0.25, 0.3) is 0 Å². The number of anilines is 1. The van der Waals surface area contributed by atoms with Crippen molar-refractivity contribution in [2.45, 2.75) is 6.92 Å². The molecular weight excluding hydrogens is 290 g/mol. The lowest BCUT2D eigenvalue weighted by atomic mass is 10.2. The van der Waals surface area contributed by atoms with Crippen LogP contribution >= 0.6 is 11.6 Å². The van der Waals surface area contributed by atoms with Crippen LogP contribution in [0.1, 0.15) is 6.92 Å². The quantitative estimate of drug-likeness (QED) is 0.568. The van der Waals surface area contributed by atoms with Gasteiger partial charge >= 0.3 is 12.0 Å². The summed E-state index contributed by atoms with van der Waals surface area (Å²) in [6, 6.07) is 2.91. The highest BCUT2D eigenvalue weighted by Crippen LogP contribution is 2.26. The third kappa shape index (κ3) is 4.39. The van der Waals surface area contributed by atoms with Crippen LogP contribution in [0.15, 0.2) is 18.2 Å². The smallest absolute Gasteiger partial charge is 0.319 e. The summed E-state index contributed by atoms with van der Waals surface area (Å²) < 4.78 is 0. The van der Waals surface area contributed by atoms with Crippen LogP contribution in [0, 0.1) is 16.0 Å². The zero-order valence-electron chi connectivity index (χ0n) is 10.4. The molecule has 1 atom stereocenters. The Balaban J connectivity index is 2.68. The minimum atomic E-state index is -1.04. The predicted octanol–water partition coefficient (Wildman–Crippen LogP) is 2.09. The first-order valence-corrected chi connectivity index (χ1v) is 5.90. The number of nitrogens with one attached hydrogen (secondary N) is 2. The zero-order valence-corrected chi connectivity index (χ0v) is 11.2. The van der Waals surface area contributed by atoms with Crippen LogP contribution in [-0.4, -0.2) is 28.6 Å². The molecule has 0 saturated carbocycles. The SMILES string of the molecule is CC(CNC(=O)Nc1cc([N+](=O)[O-])ccc1Cl)C(=O)O. The molecule has 108 valence electrons. The standard InChI is InChI=1S/C11H12ClN3O5/c1-6(10(16)17)5-13-11(18)14-9-4-7(15(19)20)2-3-8(9)12/h2-4,6H,5H2,1H3,(H,16,17)(H2,13,14,18). The first-order valence-electron chi connectivity index (χ1n) is 5.53. The van der Waals surface area contributed by atoms with Gasteiger partial charge in [0.15, 0.2) is 0 Å². The van der Waals surface area contributed by atoms with Crippen LogP contribution in [0.3, 0.4) is 0 Å². The highest BCUT2D eigenvalue weighted by Gasteiger charge is 2.14. The number of carbonyl (C=O) groups is 2. The maximum atomic E-state index is 11.5. The summed E-state index contributed by atoms with van der Waals surface area (Å²) >= 11 is 5.80. The second-order valence-electron chi connectivity index (χ2n) is 4.00. The molecule has 0 radical (unpaired) electrons. The number of aliphatic carboxylic acids is 1. The first kappa shape index (κ1) is 15.7. The van der Waals surface area contributed by atoms with Gasteiger partial charge in [-0.25, -0.2) is 4.79 Å². The van der Waals surface area contributed by atoms with Crippen LogP contribution in [0.2, 0.25) is 5.02 Å². The molecule has 8 nitrogen and oxygen atoms in total. The fraction of sp³-hybridized carbons (Fsp3) is 0.273. The van der Waals surface area contributed by atoms with Gasteiger partial charge in [-0.1, -0.05) is 18.5 Å². The normalized spacial score (nSPS) is 11.5. The minimum Gasteiger partial charge on any atom is -0.481 e. The molecule has 0 aromatic heterocycles. The molecule has 0 spiro atoms. The summed E-state index contributed by atoms with van der Waals surface area (Å²) in [4.78, 5) is 32.1. The predicted molar refractivity (Wildman–Crippen MR) is 71.9 cm³/mol. The third-order valence-corrected chi connectivity index (χ3v) is 2.73. The van der Waals surface area contributed by atoms with Crippen molar-refractivity contribution < 1.29 is 19.6 Å². The molecule has 0 aliphatic carbocycles. The van der Waals surface area contributed by atoms with Gasteiger partial charge in [0.2, 0.25) is 0 Å². The van der Waals surface area contributed by atoms with Crippen LogP contribution < -0.4 is 10.6 Å². The fourth-order valence-corrected chi connectivity index (χ4v) is 1.39. The fourth-order valence-electron chi connectivity index (χ4n) is 1.22. The lowest BCUT2D eigenvalue weighted by Gasteiger charge is -2.10. The van der Waals surface area contributed by atoms with Gasteiger partial charge < -0.3 is 15.7 Å². The molecule has 1 unspecified atom stereocenters. The van der Waals surface area contributed by atoms with E-state index in [9.17, 15) is 19.7 Å². The summed E-state index contributed by atoms with van der Waals surface area (Å²) in [6.07, 6.45) is 0. The Morgan fingerprint density at radius 2 is 2.15 bits per heavy atom. The largest absolute Gasteiger partial charge is 0.481 e. The number of nitro groups is 1. The summed E-state index contributed by atoms with van der Waals surface area (Å²) in [5, 5.41) is 24.1. The number of carboxylic acids is 1. The highest BCUT2D eigenvalue weighted by atomic mass is 35.5. The van der Waals surface area contributed by atoms with Gasteiger partial charge in [-0.15, -0.1) is 0 Å². The van der Waals surface area contributed by atoms with E-state index < -0.39 is 22.8 Å². The van der Waals surface area contributed by atoms with Gasteiger partial charge in [-0.3, -0.25) is 14.9 Å². The molecule has 0 aliphatic heterocycles. The zero-order chi connectivity index (χ0) is 15.3. The van der Waals surface area contributed by atoms with E-state index in [1.54, 1.807) is 0 Å². The topological polar surface area (TPSA) is 122 Å². The maximum absolute atomic E-state index is 11.5. The summed E-state index contributed by atoms with van der Waals surface area (Å²) in [5.74, 6) is -1.79. The van der Waals surface area contributed by atoms with Crippen molar-refractivity contribution in [1.29, 1.82) is 0 Å². The molecule has 0 saturated heterocycles. The monoisotopic (exact) mass is 301 g/mol. The van der Waals surface area contributed by atoms with Gasteiger partial charge in [0.1, 0.15) is 0 Å². The summed E-state index contributed by atoms with van der Waals surface area (Å²) in [5.41, 5.74) is -0.148. The van der Waals surface area contributed by atoms with Crippen molar-refractivity contribution in [2.75, 3.05) is 11.9 Å². The van der Waals surface area contributed by atoms with E-state index in [2.05, 4.69) is 10.6 Å². The summed E-state index contributed by atoms with van der Waals surface area (Å²) in [6.45, 7) is 1.36. The molecule has 20 heavy (non-hydrogen) atoms. The Labute approximate surface area is 118 Å². The number of amides is 2. The van der Waals surface area contributed by atoms with E-state index in [4.69, 9.17) is 16.7 Å². The van der Waals surface area contributed by atoms with E-state index in [0.29, 0.717) is 0 Å². The second-order valence-corrected chi connectivity index (χ2v) is 4.40. The number of hydrogen-bond donors (Lipinski definition) is 3. The number of non-ortho nitro benzene ring substituents is 1. The Morgan fingerprint density at radius 3 is 2.70 bits per heavy atom. The number of halogens is 1. The van der Waals surface area contributed by atoms with Gasteiger partial charge in [-0.2, -0.15) is 0 Å². The van der Waals surface area contributed by atoms with E-state index in [0.717, 1.165) is 6.07 Å². The van der Waals surface area contributed by atoms with Gasteiger partial charge in [-0.05, 0) is 6.07 Å². The van der Waals surface area contributed by atoms with E-state index in [-0.39, 0.29) is 22.9 Å². The number of urea groups is 1. The number of benzene rings is 1. The van der Waals surface area contributed by atoms with Crippen molar-refractivity contribution in [3.63, 3.8) is 0 Å². The minimum absolute atomic E-state index is 0.0707. The average Bonchev–Trinajstić information content (AvgIpc) is 2.38. The average molecular weight is 302 g/mol. The molecule has 1 aromatic carbocycles. The number of rotatable bonds is 5. The molecule has 1 aromatic rings.